The Bertz CT molecular complexity index is 1460. The van der Waals surface area contributed by atoms with Gasteiger partial charge in [-0.2, -0.15) is 0 Å². The van der Waals surface area contributed by atoms with Crippen LogP contribution in [0, 0.1) is 12.7 Å². The van der Waals surface area contributed by atoms with Crippen molar-refractivity contribution in [3.63, 3.8) is 0 Å². The molecule has 1 amide bonds. The molecule has 0 N–H and O–H groups in total. The molecule has 3 heterocycles. The molecule has 10 heteroatoms. The van der Waals surface area contributed by atoms with Crippen molar-refractivity contribution in [2.45, 2.75) is 13.5 Å². The van der Waals surface area contributed by atoms with E-state index >= 15 is 0 Å². The van der Waals surface area contributed by atoms with Crippen LogP contribution in [-0.2, 0) is 13.6 Å². The summed E-state index contributed by atoms with van der Waals surface area (Å²) in [6.07, 6.45) is 0. The van der Waals surface area contributed by atoms with Gasteiger partial charge in [-0.1, -0.05) is 23.2 Å². The number of aromatic nitrogens is 4. The molecule has 170 valence electrons. The van der Waals surface area contributed by atoms with Gasteiger partial charge in [0.1, 0.15) is 5.82 Å². The number of hydrogen-bond donors (Lipinski definition) is 0. The Hall–Kier alpha value is -3.30. The summed E-state index contributed by atoms with van der Waals surface area (Å²) < 4.78 is 16.7. The monoisotopic (exact) mass is 468 g/mol. The molecule has 2 aromatic heterocycles. The molecule has 0 atom stereocenters. The summed E-state index contributed by atoms with van der Waals surface area (Å²) in [6, 6.07) is 9.59. The number of carbonyl (C=O) groups excluding carboxylic acids is 1. The first-order valence-corrected chi connectivity index (χ1v) is 11.0. The Morgan fingerprint density at radius 1 is 1.09 bits per heavy atom. The van der Waals surface area contributed by atoms with Crippen molar-refractivity contribution in [2.24, 2.45) is 7.05 Å². The second kappa shape index (κ2) is 8.24. The van der Waals surface area contributed by atoms with E-state index in [-0.39, 0.29) is 16.5 Å². The lowest BCUT2D eigenvalue weighted by Crippen LogP contribution is -2.48. The molecule has 0 radical (unpaired) electrons. The van der Waals surface area contributed by atoms with Gasteiger partial charge >= 0.3 is 0 Å². The third kappa shape index (κ3) is 3.77. The van der Waals surface area contributed by atoms with E-state index < -0.39 is 5.82 Å². The maximum absolute atomic E-state index is 13.3. The molecule has 0 spiro atoms. The van der Waals surface area contributed by atoms with Crippen molar-refractivity contribution in [1.29, 1.82) is 0 Å². The number of nitrogens with zero attached hydrogens (tertiary/aromatic N) is 6. The summed E-state index contributed by atoms with van der Waals surface area (Å²) in [5, 5.41) is 9.36. The highest BCUT2D eigenvalue weighted by Crippen LogP contribution is 2.21. The first kappa shape index (κ1) is 21.5. The number of hydrogen-bond acceptors (Lipinski definition) is 5. The smallest absolute Gasteiger partial charge is 0.262 e. The van der Waals surface area contributed by atoms with Crippen LogP contribution in [0.1, 0.15) is 21.7 Å². The van der Waals surface area contributed by atoms with Crippen LogP contribution >= 0.6 is 11.6 Å². The molecule has 1 saturated heterocycles. The van der Waals surface area contributed by atoms with Gasteiger partial charge in [-0.25, -0.2) is 4.39 Å². The van der Waals surface area contributed by atoms with Crippen LogP contribution in [0.2, 0.25) is 5.02 Å². The molecule has 8 nitrogen and oxygen atoms in total. The van der Waals surface area contributed by atoms with Gasteiger partial charge in [0.15, 0.2) is 5.82 Å². The molecule has 1 aliphatic heterocycles. The van der Waals surface area contributed by atoms with E-state index in [1.54, 1.807) is 11.9 Å². The highest BCUT2D eigenvalue weighted by atomic mass is 35.5. The van der Waals surface area contributed by atoms with Crippen LogP contribution in [0.25, 0.3) is 16.7 Å². The second-order valence-electron chi connectivity index (χ2n) is 8.33. The fourth-order valence-corrected chi connectivity index (χ4v) is 4.55. The van der Waals surface area contributed by atoms with Crippen LogP contribution in [0.5, 0.6) is 0 Å². The highest BCUT2D eigenvalue weighted by Gasteiger charge is 2.25. The van der Waals surface area contributed by atoms with Gasteiger partial charge in [-0.05, 0) is 37.3 Å². The lowest BCUT2D eigenvalue weighted by Gasteiger charge is -2.34. The Labute approximate surface area is 193 Å². The van der Waals surface area contributed by atoms with Gasteiger partial charge in [0, 0.05) is 33.2 Å². The summed E-state index contributed by atoms with van der Waals surface area (Å²) in [5.41, 5.74) is 1.98. The van der Waals surface area contributed by atoms with Crippen LogP contribution in [0.4, 0.5) is 4.39 Å². The SMILES string of the molecule is Cc1ccc2c(c1)c(=O)n(C)c1nnc(CN3CCN(C(=O)c4ccc(F)cc4Cl)CC3)n21. The Morgan fingerprint density at radius 3 is 2.58 bits per heavy atom. The van der Waals surface area contributed by atoms with Gasteiger partial charge < -0.3 is 4.90 Å². The third-order valence-corrected chi connectivity index (χ3v) is 6.44. The number of aryl methyl sites for hydroxylation is 2. The highest BCUT2D eigenvalue weighted by molar-refractivity contribution is 6.33. The topological polar surface area (TPSA) is 75.7 Å². The van der Waals surface area contributed by atoms with Gasteiger partial charge in [0.2, 0.25) is 5.78 Å². The van der Waals surface area contributed by atoms with Gasteiger partial charge in [0.25, 0.3) is 11.5 Å². The van der Waals surface area contributed by atoms with Gasteiger partial charge in [0.05, 0.1) is 28.0 Å². The fourth-order valence-electron chi connectivity index (χ4n) is 4.30. The summed E-state index contributed by atoms with van der Waals surface area (Å²) in [7, 11) is 1.70. The van der Waals surface area contributed by atoms with E-state index in [4.69, 9.17) is 11.6 Å². The Kier molecular flexibility index (Phi) is 5.38. The summed E-state index contributed by atoms with van der Waals surface area (Å²) in [6.45, 7) is 4.80. The molecule has 5 rings (SSSR count). The largest absolute Gasteiger partial charge is 0.336 e. The van der Waals surface area contributed by atoms with Crippen LogP contribution < -0.4 is 5.56 Å². The lowest BCUT2D eigenvalue weighted by atomic mass is 10.1. The minimum atomic E-state index is -0.470. The van der Waals surface area contributed by atoms with Gasteiger partial charge in [-0.3, -0.25) is 23.5 Å². The number of fused-ring (bicyclic) bond motifs is 3. The molecule has 1 aliphatic rings. The molecule has 0 saturated carbocycles. The van der Waals surface area contributed by atoms with Crippen molar-refractivity contribution in [3.8, 4) is 0 Å². The molecule has 33 heavy (non-hydrogen) atoms. The average molecular weight is 469 g/mol. The molecule has 1 fully saturated rings. The predicted molar refractivity (Wildman–Crippen MR) is 123 cm³/mol. The molecule has 4 aromatic rings. The predicted octanol–water partition coefficient (Wildman–Crippen LogP) is 2.64. The maximum atomic E-state index is 13.3. The first-order valence-electron chi connectivity index (χ1n) is 10.6. The molecule has 0 aliphatic carbocycles. The fraction of sp³-hybridized carbons (Fsp3) is 0.304. The lowest BCUT2D eigenvalue weighted by molar-refractivity contribution is 0.0625. The first-order chi connectivity index (χ1) is 15.8. The van der Waals surface area contributed by atoms with Crippen LogP contribution in [0.3, 0.4) is 0 Å². The van der Waals surface area contributed by atoms with Crippen molar-refractivity contribution in [3.05, 3.63) is 74.5 Å². The van der Waals surface area contributed by atoms with Crippen molar-refractivity contribution in [1.82, 2.24) is 29.0 Å². The Balaban J connectivity index is 1.37. The van der Waals surface area contributed by atoms with E-state index in [1.807, 2.05) is 29.5 Å². The van der Waals surface area contributed by atoms with E-state index in [2.05, 4.69) is 15.1 Å². The van der Waals surface area contributed by atoms with Crippen LogP contribution in [-0.4, -0.2) is 61.1 Å². The number of piperazine rings is 1. The van der Waals surface area contributed by atoms with Crippen molar-refractivity contribution >= 4 is 34.2 Å². The van der Waals surface area contributed by atoms with Crippen LogP contribution in [0.15, 0.2) is 41.2 Å². The van der Waals surface area contributed by atoms with E-state index in [9.17, 15) is 14.0 Å². The molecular formula is C23H22ClFN6O2. The average Bonchev–Trinajstić information content (AvgIpc) is 3.21. The number of halogens is 2. The minimum Gasteiger partial charge on any atom is -0.336 e. The molecule has 0 bridgehead atoms. The summed E-state index contributed by atoms with van der Waals surface area (Å²) in [5.74, 6) is 0.549. The summed E-state index contributed by atoms with van der Waals surface area (Å²) in [4.78, 5) is 29.5. The second-order valence-corrected chi connectivity index (χ2v) is 8.74. The zero-order valence-electron chi connectivity index (χ0n) is 18.3. The van der Waals surface area contributed by atoms with Crippen molar-refractivity contribution < 1.29 is 9.18 Å². The maximum Gasteiger partial charge on any atom is 0.262 e. The van der Waals surface area contributed by atoms with E-state index in [1.165, 1.54) is 16.7 Å². The van der Waals surface area contributed by atoms with Crippen molar-refractivity contribution in [2.75, 3.05) is 26.2 Å². The summed E-state index contributed by atoms with van der Waals surface area (Å²) >= 11 is 6.06. The van der Waals surface area contributed by atoms with Gasteiger partial charge in [-0.15, -0.1) is 10.2 Å². The number of amides is 1. The van der Waals surface area contributed by atoms with E-state index in [0.717, 1.165) is 23.0 Å². The third-order valence-electron chi connectivity index (χ3n) is 6.13. The standard InChI is InChI=1S/C23H22ClFN6O2/c1-14-3-6-19-17(11-14)21(32)28(2)23-27-26-20(31(19)23)13-29-7-9-30(10-8-29)22(33)16-5-4-15(25)12-18(16)24/h3-6,11-12H,7-10,13H2,1-2H3. The van der Waals surface area contributed by atoms with E-state index in [0.29, 0.717) is 49.5 Å². The number of benzene rings is 2. The zero-order valence-corrected chi connectivity index (χ0v) is 19.0. The normalized spacial score (nSPS) is 15.0. The zero-order chi connectivity index (χ0) is 23.3. The molecular weight excluding hydrogens is 447 g/mol. The Morgan fingerprint density at radius 2 is 1.85 bits per heavy atom. The minimum absolute atomic E-state index is 0.105. The molecule has 2 aromatic carbocycles. The number of carbonyl (C=O) groups is 1. The number of rotatable bonds is 3. The molecule has 0 unspecified atom stereocenters. The quantitative estimate of drug-likeness (QED) is 0.462.